The quantitative estimate of drug-likeness (QED) is 0.306. The normalized spacial score (nSPS) is 41.0. The van der Waals surface area contributed by atoms with Crippen LogP contribution in [0.5, 0.6) is 0 Å². The van der Waals surface area contributed by atoms with E-state index in [2.05, 4.69) is 16.4 Å². The molecule has 0 spiro atoms. The fourth-order valence-corrected chi connectivity index (χ4v) is 2.03. The molecular weight excluding hydrogens is 157 g/mol. The average molecular weight is 171 g/mol. The van der Waals surface area contributed by atoms with Gasteiger partial charge in [0, 0.05) is 12.1 Å². The van der Waals surface area contributed by atoms with Crippen molar-refractivity contribution in [1.82, 2.24) is 16.4 Å². The van der Waals surface area contributed by atoms with Crippen LogP contribution in [0.1, 0.15) is 19.3 Å². The summed E-state index contributed by atoms with van der Waals surface area (Å²) in [7, 11) is -1.16. The molecule has 0 aromatic carbocycles. The molecule has 1 aliphatic heterocycles. The lowest BCUT2D eigenvalue weighted by atomic mass is 9.63. The number of hydrazine groups is 2. The van der Waals surface area contributed by atoms with Gasteiger partial charge in [0.1, 0.15) is 0 Å². The van der Waals surface area contributed by atoms with E-state index in [1.807, 2.05) is 0 Å². The summed E-state index contributed by atoms with van der Waals surface area (Å²) in [5.41, 5.74) is 9.01. The molecule has 1 saturated heterocycles. The second-order valence-electron chi connectivity index (χ2n) is 3.61. The molecule has 0 bridgehead atoms. The van der Waals surface area contributed by atoms with E-state index in [0.29, 0.717) is 12.1 Å². The van der Waals surface area contributed by atoms with Gasteiger partial charge in [0.2, 0.25) is 0 Å². The largest absolute Gasteiger partial charge is 0.454 e. The lowest BCUT2D eigenvalue weighted by Gasteiger charge is -2.29. The van der Waals surface area contributed by atoms with Crippen LogP contribution in [0.15, 0.2) is 0 Å². The maximum absolute atomic E-state index is 8.98. The third-order valence-corrected chi connectivity index (χ3v) is 2.83. The summed E-state index contributed by atoms with van der Waals surface area (Å²) in [5, 5.41) is 18.0. The minimum absolute atomic E-state index is 0.0282. The highest BCUT2D eigenvalue weighted by Gasteiger charge is 2.37. The van der Waals surface area contributed by atoms with Crippen molar-refractivity contribution >= 4 is 7.12 Å². The van der Waals surface area contributed by atoms with Gasteiger partial charge in [0.15, 0.2) is 0 Å². The topological polar surface area (TPSA) is 76.5 Å². The summed E-state index contributed by atoms with van der Waals surface area (Å²) in [6.07, 6.45) is 2.70. The number of hydrogen-bond donors (Lipinski definition) is 5. The molecule has 3 atom stereocenters. The molecule has 0 amide bonds. The molecular formula is C6H14BN3O2. The van der Waals surface area contributed by atoms with E-state index in [4.69, 9.17) is 10.0 Å². The first-order chi connectivity index (χ1) is 5.77. The van der Waals surface area contributed by atoms with Crippen molar-refractivity contribution in [3.8, 4) is 0 Å². The first-order valence-electron chi connectivity index (χ1n) is 4.39. The van der Waals surface area contributed by atoms with E-state index < -0.39 is 7.12 Å². The molecule has 0 aromatic rings. The predicted molar refractivity (Wildman–Crippen MR) is 44.8 cm³/mol. The highest BCUT2D eigenvalue weighted by atomic mass is 16.4. The van der Waals surface area contributed by atoms with Gasteiger partial charge < -0.3 is 10.0 Å². The molecule has 1 heterocycles. The summed E-state index contributed by atoms with van der Waals surface area (Å²) < 4.78 is 0. The highest BCUT2D eigenvalue weighted by Crippen LogP contribution is 2.30. The Bertz CT molecular complexity index is 169. The molecule has 2 rings (SSSR count). The van der Waals surface area contributed by atoms with Crippen LogP contribution >= 0.6 is 0 Å². The van der Waals surface area contributed by atoms with Crippen molar-refractivity contribution in [2.24, 2.45) is 0 Å². The van der Waals surface area contributed by atoms with Crippen molar-refractivity contribution in [3.63, 3.8) is 0 Å². The van der Waals surface area contributed by atoms with Gasteiger partial charge in [-0.1, -0.05) is 6.42 Å². The van der Waals surface area contributed by atoms with Crippen LogP contribution in [-0.4, -0.2) is 29.3 Å². The predicted octanol–water partition coefficient (Wildman–Crippen LogP) is -1.64. The van der Waals surface area contributed by atoms with Crippen LogP contribution < -0.4 is 16.4 Å². The van der Waals surface area contributed by atoms with E-state index >= 15 is 0 Å². The van der Waals surface area contributed by atoms with Crippen LogP contribution in [0.3, 0.4) is 0 Å². The number of hydrogen-bond acceptors (Lipinski definition) is 5. The summed E-state index contributed by atoms with van der Waals surface area (Å²) in [5.74, 6) is 0.0282. The second-order valence-corrected chi connectivity index (χ2v) is 3.61. The van der Waals surface area contributed by atoms with Crippen molar-refractivity contribution in [2.75, 3.05) is 0 Å². The molecule has 0 aromatic heterocycles. The van der Waals surface area contributed by atoms with Gasteiger partial charge in [-0.15, -0.1) is 0 Å². The molecule has 3 unspecified atom stereocenters. The van der Waals surface area contributed by atoms with Gasteiger partial charge in [-0.3, -0.25) is 0 Å². The van der Waals surface area contributed by atoms with Gasteiger partial charge >= 0.3 is 7.12 Å². The van der Waals surface area contributed by atoms with Gasteiger partial charge in [0.25, 0.3) is 0 Å². The first kappa shape index (κ1) is 8.46. The lowest BCUT2D eigenvalue weighted by molar-refractivity contribution is 0.312. The maximum atomic E-state index is 8.98. The molecule has 68 valence electrons. The smallest absolute Gasteiger partial charge is 0.427 e. The summed E-state index contributed by atoms with van der Waals surface area (Å²) in [6.45, 7) is 0. The van der Waals surface area contributed by atoms with Gasteiger partial charge in [-0.05, 0) is 18.7 Å². The first-order valence-corrected chi connectivity index (χ1v) is 4.39. The Balaban J connectivity index is 1.92. The Morgan fingerprint density at radius 3 is 2.58 bits per heavy atom. The van der Waals surface area contributed by atoms with Crippen LogP contribution in [0, 0.1) is 0 Å². The maximum Gasteiger partial charge on any atom is 0.454 e. The third kappa shape index (κ3) is 1.48. The summed E-state index contributed by atoms with van der Waals surface area (Å²) in [4.78, 5) is 0. The Hall–Kier alpha value is -0.135. The molecule has 5 N–H and O–H groups in total. The van der Waals surface area contributed by atoms with Crippen LogP contribution in [0.4, 0.5) is 0 Å². The Kier molecular flexibility index (Phi) is 2.34. The van der Waals surface area contributed by atoms with Gasteiger partial charge in [0.05, 0.1) is 0 Å². The van der Waals surface area contributed by atoms with Crippen molar-refractivity contribution in [2.45, 2.75) is 37.2 Å². The molecule has 2 aliphatic rings. The zero-order valence-corrected chi connectivity index (χ0v) is 6.83. The Labute approximate surface area is 71.6 Å². The molecule has 6 heteroatoms. The zero-order valence-electron chi connectivity index (χ0n) is 6.83. The second kappa shape index (κ2) is 3.31. The SMILES string of the molecule is OB(O)C1CCC2NNNC2C1. The van der Waals surface area contributed by atoms with Crippen molar-refractivity contribution in [1.29, 1.82) is 0 Å². The fraction of sp³-hybridized carbons (Fsp3) is 1.00. The zero-order chi connectivity index (χ0) is 8.55. The number of nitrogens with one attached hydrogen (secondary N) is 3. The molecule has 2 fully saturated rings. The van der Waals surface area contributed by atoms with Gasteiger partial charge in [-0.2, -0.15) is 5.53 Å². The summed E-state index contributed by atoms with van der Waals surface area (Å²) in [6, 6.07) is 0.783. The van der Waals surface area contributed by atoms with Crippen LogP contribution in [-0.2, 0) is 0 Å². The molecule has 12 heavy (non-hydrogen) atoms. The third-order valence-electron chi connectivity index (χ3n) is 2.83. The molecule has 1 aliphatic carbocycles. The van der Waals surface area contributed by atoms with Gasteiger partial charge in [-0.25, -0.2) is 10.9 Å². The number of fused-ring (bicyclic) bond motifs is 1. The minimum Gasteiger partial charge on any atom is -0.427 e. The van der Waals surface area contributed by atoms with Crippen molar-refractivity contribution in [3.05, 3.63) is 0 Å². The minimum atomic E-state index is -1.16. The summed E-state index contributed by atoms with van der Waals surface area (Å²) >= 11 is 0. The Morgan fingerprint density at radius 1 is 1.08 bits per heavy atom. The highest BCUT2D eigenvalue weighted by molar-refractivity contribution is 6.43. The fourth-order valence-electron chi connectivity index (χ4n) is 2.03. The van der Waals surface area contributed by atoms with E-state index in [-0.39, 0.29) is 5.82 Å². The van der Waals surface area contributed by atoms with E-state index in [0.717, 1.165) is 19.3 Å². The Morgan fingerprint density at radius 2 is 1.83 bits per heavy atom. The number of rotatable bonds is 1. The molecule has 5 nitrogen and oxygen atoms in total. The lowest BCUT2D eigenvalue weighted by Crippen LogP contribution is -2.41. The van der Waals surface area contributed by atoms with Crippen molar-refractivity contribution < 1.29 is 10.0 Å². The van der Waals surface area contributed by atoms with E-state index in [9.17, 15) is 0 Å². The monoisotopic (exact) mass is 171 g/mol. The van der Waals surface area contributed by atoms with Crippen LogP contribution in [0.25, 0.3) is 0 Å². The average Bonchev–Trinajstić information content (AvgIpc) is 2.49. The van der Waals surface area contributed by atoms with Crippen LogP contribution in [0.2, 0.25) is 5.82 Å². The molecule has 1 saturated carbocycles. The van der Waals surface area contributed by atoms with E-state index in [1.54, 1.807) is 0 Å². The van der Waals surface area contributed by atoms with E-state index in [1.165, 1.54) is 0 Å². The molecule has 0 radical (unpaired) electrons. The standard InChI is InChI=1S/C6H14BN3O2/c11-7(12)4-1-2-5-6(3-4)9-10-8-5/h4-6,8-12H,1-3H2.